The van der Waals surface area contributed by atoms with Crippen LogP contribution in [-0.2, 0) is 11.3 Å². The van der Waals surface area contributed by atoms with Gasteiger partial charge in [-0.2, -0.15) is 0 Å². The topological polar surface area (TPSA) is 52.5 Å². The van der Waals surface area contributed by atoms with E-state index in [1.165, 1.54) is 0 Å². The van der Waals surface area contributed by atoms with Crippen LogP contribution >= 0.6 is 11.6 Å². The van der Waals surface area contributed by atoms with Gasteiger partial charge in [-0.1, -0.05) is 11.6 Å². The van der Waals surface area contributed by atoms with Crippen LogP contribution in [0.15, 0.2) is 48.7 Å². The summed E-state index contributed by atoms with van der Waals surface area (Å²) < 4.78 is 12.5. The third-order valence-electron chi connectivity index (χ3n) is 3.80. The number of hydrogen-bond donors (Lipinski definition) is 1. The van der Waals surface area contributed by atoms with Gasteiger partial charge < -0.3 is 19.4 Å². The van der Waals surface area contributed by atoms with E-state index in [9.17, 15) is 4.79 Å². The summed E-state index contributed by atoms with van der Waals surface area (Å²) in [7, 11) is 1.55. The molecule has 1 amide bonds. The van der Waals surface area contributed by atoms with Crippen molar-refractivity contribution in [3.8, 4) is 11.5 Å². The number of ether oxygens (including phenoxy) is 2. The van der Waals surface area contributed by atoms with Gasteiger partial charge in [0.25, 0.3) is 0 Å². The van der Waals surface area contributed by atoms with Crippen LogP contribution in [0, 0.1) is 0 Å². The first-order valence-corrected chi connectivity index (χ1v) is 8.33. The van der Waals surface area contributed by atoms with E-state index in [4.69, 9.17) is 21.1 Å². The SMILES string of the molecule is CCOc1ccc2c(ccn2CC(=O)Nc2ccc(OC)c(Cl)c2)c1. The van der Waals surface area contributed by atoms with E-state index >= 15 is 0 Å². The van der Waals surface area contributed by atoms with Gasteiger partial charge in [-0.3, -0.25) is 4.79 Å². The van der Waals surface area contributed by atoms with E-state index in [2.05, 4.69) is 5.32 Å². The smallest absolute Gasteiger partial charge is 0.244 e. The van der Waals surface area contributed by atoms with Gasteiger partial charge in [-0.25, -0.2) is 0 Å². The summed E-state index contributed by atoms with van der Waals surface area (Å²) in [5, 5.41) is 4.33. The van der Waals surface area contributed by atoms with Crippen molar-refractivity contribution in [2.45, 2.75) is 13.5 Å². The van der Waals surface area contributed by atoms with Crippen LogP contribution in [0.2, 0.25) is 5.02 Å². The predicted octanol–water partition coefficient (Wildman–Crippen LogP) is 4.34. The summed E-state index contributed by atoms with van der Waals surface area (Å²) in [6, 6.07) is 12.9. The van der Waals surface area contributed by atoms with Gasteiger partial charge in [0.05, 0.1) is 18.7 Å². The van der Waals surface area contributed by atoms with Crippen LogP contribution in [0.4, 0.5) is 5.69 Å². The summed E-state index contributed by atoms with van der Waals surface area (Å²) in [6.45, 7) is 2.78. The molecule has 0 unspecified atom stereocenters. The highest BCUT2D eigenvalue weighted by Crippen LogP contribution is 2.27. The summed E-state index contributed by atoms with van der Waals surface area (Å²) >= 11 is 6.08. The maximum atomic E-state index is 12.3. The van der Waals surface area contributed by atoms with Crippen molar-refractivity contribution in [3.05, 3.63) is 53.7 Å². The van der Waals surface area contributed by atoms with Crippen molar-refractivity contribution in [2.24, 2.45) is 0 Å². The van der Waals surface area contributed by atoms with Crippen molar-refractivity contribution in [2.75, 3.05) is 19.0 Å². The number of nitrogens with zero attached hydrogens (tertiary/aromatic N) is 1. The van der Waals surface area contributed by atoms with Gasteiger partial charge in [-0.05, 0) is 49.4 Å². The molecule has 3 rings (SSSR count). The predicted molar refractivity (Wildman–Crippen MR) is 99.7 cm³/mol. The fourth-order valence-corrected chi connectivity index (χ4v) is 2.93. The molecule has 0 aliphatic rings. The first kappa shape index (κ1) is 17.2. The molecule has 1 heterocycles. The Labute approximate surface area is 151 Å². The third kappa shape index (κ3) is 3.88. The van der Waals surface area contributed by atoms with E-state index in [-0.39, 0.29) is 12.5 Å². The minimum atomic E-state index is -0.132. The minimum Gasteiger partial charge on any atom is -0.495 e. The summed E-state index contributed by atoms with van der Waals surface area (Å²) in [6.07, 6.45) is 1.89. The lowest BCUT2D eigenvalue weighted by Crippen LogP contribution is -2.18. The third-order valence-corrected chi connectivity index (χ3v) is 4.10. The van der Waals surface area contributed by atoms with Crippen LogP contribution in [0.1, 0.15) is 6.92 Å². The number of rotatable bonds is 6. The Morgan fingerprint density at radius 3 is 2.76 bits per heavy atom. The van der Waals surface area contributed by atoms with E-state index in [0.717, 1.165) is 16.7 Å². The molecule has 1 N–H and O–H groups in total. The highest BCUT2D eigenvalue weighted by Gasteiger charge is 2.09. The molecule has 130 valence electrons. The van der Waals surface area contributed by atoms with Crippen molar-refractivity contribution in [3.63, 3.8) is 0 Å². The quantitative estimate of drug-likeness (QED) is 0.713. The standard InChI is InChI=1S/C19H19ClN2O3/c1-3-25-15-5-6-17-13(10-15)8-9-22(17)12-19(23)21-14-4-7-18(24-2)16(20)11-14/h4-11H,3,12H2,1-2H3,(H,21,23). The summed E-state index contributed by atoms with van der Waals surface area (Å²) in [5.41, 5.74) is 1.61. The molecule has 0 bridgehead atoms. The van der Waals surface area contributed by atoms with Gasteiger partial charge in [-0.15, -0.1) is 0 Å². The molecule has 0 spiro atoms. The molecule has 6 heteroatoms. The lowest BCUT2D eigenvalue weighted by atomic mass is 10.2. The number of carbonyl (C=O) groups excluding carboxylic acids is 1. The van der Waals surface area contributed by atoms with Gasteiger partial charge in [0.2, 0.25) is 5.91 Å². The maximum Gasteiger partial charge on any atom is 0.244 e. The van der Waals surface area contributed by atoms with Crippen LogP contribution in [0.3, 0.4) is 0 Å². The number of methoxy groups -OCH3 is 1. The largest absolute Gasteiger partial charge is 0.495 e. The molecule has 3 aromatic rings. The van der Waals surface area contributed by atoms with Crippen LogP contribution in [0.5, 0.6) is 11.5 Å². The molecule has 0 aliphatic heterocycles. The molecule has 0 fully saturated rings. The average Bonchev–Trinajstić information content (AvgIpc) is 2.97. The number of fused-ring (bicyclic) bond motifs is 1. The Kier molecular flexibility index (Phi) is 5.14. The molecule has 0 radical (unpaired) electrons. The molecule has 0 atom stereocenters. The Morgan fingerprint density at radius 1 is 1.20 bits per heavy atom. The van der Waals surface area contributed by atoms with Crippen molar-refractivity contribution < 1.29 is 14.3 Å². The lowest BCUT2D eigenvalue weighted by molar-refractivity contribution is -0.116. The Balaban J connectivity index is 1.72. The zero-order valence-corrected chi connectivity index (χ0v) is 14.8. The van der Waals surface area contributed by atoms with Gasteiger partial charge in [0.15, 0.2) is 0 Å². The fraction of sp³-hybridized carbons (Fsp3) is 0.211. The van der Waals surface area contributed by atoms with Crippen molar-refractivity contribution >= 4 is 34.1 Å². The van der Waals surface area contributed by atoms with Crippen LogP contribution in [0.25, 0.3) is 10.9 Å². The second kappa shape index (κ2) is 7.49. The number of halogens is 1. The monoisotopic (exact) mass is 358 g/mol. The molecule has 0 saturated heterocycles. The van der Waals surface area contributed by atoms with Gasteiger partial charge in [0.1, 0.15) is 18.0 Å². The van der Waals surface area contributed by atoms with Crippen LogP contribution < -0.4 is 14.8 Å². The first-order chi connectivity index (χ1) is 12.1. The number of hydrogen-bond acceptors (Lipinski definition) is 3. The molecule has 25 heavy (non-hydrogen) atoms. The van der Waals surface area contributed by atoms with E-state index in [1.807, 2.05) is 42.0 Å². The van der Waals surface area contributed by atoms with E-state index in [0.29, 0.717) is 23.1 Å². The Morgan fingerprint density at radius 2 is 2.04 bits per heavy atom. The zero-order valence-electron chi connectivity index (χ0n) is 14.1. The average molecular weight is 359 g/mol. The Hall–Kier alpha value is -2.66. The number of aromatic nitrogens is 1. The van der Waals surface area contributed by atoms with Crippen molar-refractivity contribution in [1.82, 2.24) is 4.57 Å². The van der Waals surface area contributed by atoms with Crippen molar-refractivity contribution in [1.29, 1.82) is 0 Å². The number of carbonyl (C=O) groups is 1. The summed E-state index contributed by atoms with van der Waals surface area (Å²) in [4.78, 5) is 12.3. The second-order valence-corrected chi connectivity index (χ2v) is 5.90. The minimum absolute atomic E-state index is 0.132. The van der Waals surface area contributed by atoms with Crippen LogP contribution in [-0.4, -0.2) is 24.2 Å². The highest BCUT2D eigenvalue weighted by molar-refractivity contribution is 6.32. The van der Waals surface area contributed by atoms with E-state index < -0.39 is 0 Å². The molecular weight excluding hydrogens is 340 g/mol. The lowest BCUT2D eigenvalue weighted by Gasteiger charge is -2.10. The van der Waals surface area contributed by atoms with E-state index in [1.54, 1.807) is 25.3 Å². The summed E-state index contributed by atoms with van der Waals surface area (Å²) in [5.74, 6) is 1.26. The molecule has 1 aromatic heterocycles. The van der Waals surface area contributed by atoms with Gasteiger partial charge in [0, 0.05) is 22.8 Å². The Bertz CT molecular complexity index is 905. The second-order valence-electron chi connectivity index (χ2n) is 5.49. The number of anilines is 1. The molecule has 5 nitrogen and oxygen atoms in total. The molecular formula is C19H19ClN2O3. The van der Waals surface area contributed by atoms with Gasteiger partial charge >= 0.3 is 0 Å². The maximum absolute atomic E-state index is 12.3. The number of amides is 1. The normalized spacial score (nSPS) is 10.7. The molecule has 0 aliphatic carbocycles. The highest BCUT2D eigenvalue weighted by atomic mass is 35.5. The fourth-order valence-electron chi connectivity index (χ4n) is 2.67. The zero-order chi connectivity index (χ0) is 17.8. The molecule has 0 saturated carbocycles. The molecule has 2 aromatic carbocycles. The number of benzene rings is 2. The first-order valence-electron chi connectivity index (χ1n) is 7.96. The number of nitrogens with one attached hydrogen (secondary N) is 1.